The fourth-order valence-electron chi connectivity index (χ4n) is 3.76. The Bertz CT molecular complexity index is 1310. The topological polar surface area (TPSA) is 93.8 Å². The van der Waals surface area contributed by atoms with Gasteiger partial charge in [0, 0.05) is 36.3 Å². The van der Waals surface area contributed by atoms with Gasteiger partial charge in [0.15, 0.2) is 17.5 Å². The number of nitrogens with one attached hydrogen (secondary N) is 1. The summed E-state index contributed by atoms with van der Waals surface area (Å²) < 4.78 is 27.2. The number of rotatable bonds is 8. The Morgan fingerprint density at radius 1 is 1.06 bits per heavy atom. The van der Waals surface area contributed by atoms with E-state index in [9.17, 15) is 13.6 Å². The van der Waals surface area contributed by atoms with E-state index < -0.39 is 23.5 Å². The summed E-state index contributed by atoms with van der Waals surface area (Å²) in [6.07, 6.45) is 5.36. The minimum atomic E-state index is -0.995. The van der Waals surface area contributed by atoms with Crippen molar-refractivity contribution < 1.29 is 13.6 Å². The lowest BCUT2D eigenvalue weighted by Crippen LogP contribution is -2.24. The fraction of sp³-hybridized carbons (Fsp3) is 0.154. The normalized spacial score (nSPS) is 11.7. The number of amides is 1. The van der Waals surface area contributed by atoms with E-state index in [4.69, 9.17) is 5.73 Å². The number of hydrogen-bond donors (Lipinski definition) is 2. The molecular formula is C26H23F2N5O. The number of aromatic nitrogens is 3. The number of nitrogens with zero attached hydrogens (tertiary/aromatic N) is 3. The molecule has 34 heavy (non-hydrogen) atoms. The quantitative estimate of drug-likeness (QED) is 0.407. The van der Waals surface area contributed by atoms with Gasteiger partial charge in [-0.1, -0.05) is 29.8 Å². The number of carbonyl (C=O) groups excluding carboxylic acids is 1. The number of benzene rings is 2. The highest BCUT2D eigenvalue weighted by atomic mass is 19.2. The summed E-state index contributed by atoms with van der Waals surface area (Å²) in [5, 5.41) is 3.28. The van der Waals surface area contributed by atoms with Crippen molar-refractivity contribution in [3.63, 3.8) is 0 Å². The van der Waals surface area contributed by atoms with Crippen molar-refractivity contribution in [2.45, 2.75) is 19.3 Å². The van der Waals surface area contributed by atoms with Gasteiger partial charge in [-0.2, -0.15) is 0 Å². The van der Waals surface area contributed by atoms with Gasteiger partial charge in [-0.05, 0) is 54.8 Å². The number of hydrogen-bond acceptors (Lipinski definition) is 5. The van der Waals surface area contributed by atoms with Crippen LogP contribution in [0.3, 0.4) is 0 Å². The van der Waals surface area contributed by atoms with Crippen LogP contribution in [0, 0.1) is 18.6 Å². The summed E-state index contributed by atoms with van der Waals surface area (Å²) in [6.45, 7) is 2.55. The standard InChI is InChI=1S/C26H23F2N5O/c1-16-3-2-4-17(13-16)7-12-31-26-20(23(24(29)34)18-8-10-30-11-9-18)15-32-25(33-26)19-5-6-21(27)22(28)14-19/h2-6,8-11,13-15,23H,7,12H2,1H3,(H2,29,34)(H,31,32,33). The van der Waals surface area contributed by atoms with Crippen molar-refractivity contribution in [1.29, 1.82) is 0 Å². The first kappa shape index (κ1) is 23.0. The van der Waals surface area contributed by atoms with Crippen LogP contribution in [0.15, 0.2) is 73.2 Å². The van der Waals surface area contributed by atoms with Gasteiger partial charge >= 0.3 is 0 Å². The summed E-state index contributed by atoms with van der Waals surface area (Å²) in [7, 11) is 0. The Labute approximate surface area is 195 Å². The summed E-state index contributed by atoms with van der Waals surface area (Å²) in [4.78, 5) is 25.3. The van der Waals surface area contributed by atoms with Gasteiger partial charge in [-0.15, -0.1) is 0 Å². The minimum absolute atomic E-state index is 0.193. The van der Waals surface area contributed by atoms with Crippen LogP contribution in [0.1, 0.15) is 28.2 Å². The SMILES string of the molecule is Cc1cccc(CCNc2nc(-c3ccc(F)c(F)c3)ncc2C(C(N)=O)c2ccncc2)c1. The smallest absolute Gasteiger partial charge is 0.229 e. The molecule has 1 unspecified atom stereocenters. The molecule has 172 valence electrons. The first-order chi connectivity index (χ1) is 16.4. The summed E-state index contributed by atoms with van der Waals surface area (Å²) in [5.74, 6) is -2.75. The molecule has 8 heteroatoms. The van der Waals surface area contributed by atoms with Crippen LogP contribution in [-0.2, 0) is 11.2 Å². The summed E-state index contributed by atoms with van der Waals surface area (Å²) in [5.41, 5.74) is 9.50. The highest BCUT2D eigenvalue weighted by Gasteiger charge is 2.25. The van der Waals surface area contributed by atoms with Crippen molar-refractivity contribution in [3.05, 3.63) is 107 Å². The lowest BCUT2D eigenvalue weighted by molar-refractivity contribution is -0.118. The molecule has 6 nitrogen and oxygen atoms in total. The van der Waals surface area contributed by atoms with Crippen molar-refractivity contribution in [1.82, 2.24) is 15.0 Å². The molecule has 0 spiro atoms. The average molecular weight is 460 g/mol. The Hall–Kier alpha value is -4.20. The number of nitrogens with two attached hydrogens (primary N) is 1. The molecule has 0 fully saturated rings. The largest absolute Gasteiger partial charge is 0.369 e. The summed E-state index contributed by atoms with van der Waals surface area (Å²) in [6, 6.07) is 15.0. The number of pyridine rings is 1. The Kier molecular flexibility index (Phi) is 6.87. The first-order valence-corrected chi connectivity index (χ1v) is 10.7. The van der Waals surface area contributed by atoms with E-state index >= 15 is 0 Å². The number of aryl methyl sites for hydroxylation is 1. The molecule has 1 amide bonds. The first-order valence-electron chi connectivity index (χ1n) is 10.7. The van der Waals surface area contributed by atoms with E-state index in [2.05, 4.69) is 26.3 Å². The second-order valence-electron chi connectivity index (χ2n) is 7.91. The van der Waals surface area contributed by atoms with Gasteiger partial charge in [-0.25, -0.2) is 18.7 Å². The zero-order chi connectivity index (χ0) is 24.1. The molecule has 2 heterocycles. The van der Waals surface area contributed by atoms with Gasteiger partial charge in [0.2, 0.25) is 5.91 Å². The van der Waals surface area contributed by atoms with Gasteiger partial charge < -0.3 is 11.1 Å². The molecule has 4 rings (SSSR count). The van der Waals surface area contributed by atoms with Crippen molar-refractivity contribution >= 4 is 11.7 Å². The molecule has 0 aliphatic carbocycles. The second-order valence-corrected chi connectivity index (χ2v) is 7.91. The highest BCUT2D eigenvalue weighted by molar-refractivity contribution is 5.87. The average Bonchev–Trinajstić information content (AvgIpc) is 2.82. The number of anilines is 1. The lowest BCUT2D eigenvalue weighted by atomic mass is 9.92. The van der Waals surface area contributed by atoms with Gasteiger partial charge in [0.25, 0.3) is 0 Å². The maximum Gasteiger partial charge on any atom is 0.229 e. The molecule has 2 aromatic heterocycles. The molecule has 4 aromatic rings. The molecule has 3 N–H and O–H groups in total. The third kappa shape index (κ3) is 5.23. The third-order valence-corrected chi connectivity index (χ3v) is 5.42. The zero-order valence-electron chi connectivity index (χ0n) is 18.5. The van der Waals surface area contributed by atoms with E-state index in [1.807, 2.05) is 25.1 Å². The number of halogens is 2. The summed E-state index contributed by atoms with van der Waals surface area (Å²) >= 11 is 0. The van der Waals surface area contributed by atoms with Gasteiger partial charge in [0.1, 0.15) is 5.82 Å². The lowest BCUT2D eigenvalue weighted by Gasteiger charge is -2.19. The molecule has 1 atom stereocenters. The van der Waals surface area contributed by atoms with Crippen LogP contribution in [-0.4, -0.2) is 27.4 Å². The van der Waals surface area contributed by atoms with Crippen molar-refractivity contribution in [2.75, 3.05) is 11.9 Å². The van der Waals surface area contributed by atoms with E-state index in [0.29, 0.717) is 35.5 Å². The maximum absolute atomic E-state index is 13.8. The second kappa shape index (κ2) is 10.2. The van der Waals surface area contributed by atoms with Crippen LogP contribution in [0.2, 0.25) is 0 Å². The van der Waals surface area contributed by atoms with Crippen LogP contribution in [0.25, 0.3) is 11.4 Å². The molecule has 0 bridgehead atoms. The Balaban J connectivity index is 1.71. The number of carbonyl (C=O) groups is 1. The Morgan fingerprint density at radius 3 is 2.56 bits per heavy atom. The monoisotopic (exact) mass is 459 g/mol. The number of primary amides is 1. The molecule has 0 saturated heterocycles. The third-order valence-electron chi connectivity index (χ3n) is 5.42. The maximum atomic E-state index is 13.8. The Morgan fingerprint density at radius 2 is 1.85 bits per heavy atom. The van der Waals surface area contributed by atoms with E-state index in [-0.39, 0.29) is 5.82 Å². The molecule has 2 aromatic carbocycles. The van der Waals surface area contributed by atoms with Crippen LogP contribution < -0.4 is 11.1 Å². The highest BCUT2D eigenvalue weighted by Crippen LogP contribution is 2.30. The molecule has 0 saturated carbocycles. The van der Waals surface area contributed by atoms with E-state index in [0.717, 1.165) is 23.3 Å². The zero-order valence-corrected chi connectivity index (χ0v) is 18.5. The van der Waals surface area contributed by atoms with E-state index in [1.54, 1.807) is 24.5 Å². The predicted molar refractivity (Wildman–Crippen MR) is 126 cm³/mol. The molecule has 0 aliphatic rings. The van der Waals surface area contributed by atoms with Crippen LogP contribution >= 0.6 is 0 Å². The molecule has 0 aliphatic heterocycles. The molecular weight excluding hydrogens is 436 g/mol. The minimum Gasteiger partial charge on any atom is -0.369 e. The van der Waals surface area contributed by atoms with Crippen molar-refractivity contribution in [2.24, 2.45) is 5.73 Å². The molecule has 0 radical (unpaired) electrons. The van der Waals surface area contributed by atoms with Crippen molar-refractivity contribution in [3.8, 4) is 11.4 Å². The van der Waals surface area contributed by atoms with Crippen LogP contribution in [0.4, 0.5) is 14.6 Å². The van der Waals surface area contributed by atoms with E-state index in [1.165, 1.54) is 12.3 Å². The van der Waals surface area contributed by atoms with Gasteiger partial charge in [0.05, 0.1) is 5.92 Å². The van der Waals surface area contributed by atoms with Gasteiger partial charge in [-0.3, -0.25) is 9.78 Å². The van der Waals surface area contributed by atoms with Crippen LogP contribution in [0.5, 0.6) is 0 Å². The fourth-order valence-corrected chi connectivity index (χ4v) is 3.76. The predicted octanol–water partition coefficient (Wildman–Crippen LogP) is 4.40.